The average molecular weight is 973 g/mol. The Bertz CT molecular complexity index is 2530. The van der Waals surface area contributed by atoms with Gasteiger partial charge >= 0.3 is 0 Å². The summed E-state index contributed by atoms with van der Waals surface area (Å²) in [4.78, 5) is 79.2. The number of benzene rings is 5. The van der Waals surface area contributed by atoms with Gasteiger partial charge in [-0.2, -0.15) is 20.5 Å². The van der Waals surface area contributed by atoms with Crippen LogP contribution in [-0.2, 0) is 44.9 Å². The number of azo groups is 2. The maximum Gasteiger partial charge on any atom is 0.258 e. The Morgan fingerprint density at radius 3 is 1.26 bits per heavy atom. The molecule has 0 aliphatic rings. The molecule has 66 heavy (non-hydrogen) atoms. The highest BCUT2D eigenvalue weighted by Gasteiger charge is 2.28. The van der Waals surface area contributed by atoms with E-state index < -0.39 is 47.3 Å². The highest BCUT2D eigenvalue weighted by Crippen LogP contribution is 2.33. The van der Waals surface area contributed by atoms with E-state index in [2.05, 4.69) is 41.7 Å². The predicted molar refractivity (Wildman–Crippen MR) is 261 cm³/mol. The lowest BCUT2D eigenvalue weighted by Crippen LogP contribution is -2.33. The first kappa shape index (κ1) is 50.7. The van der Waals surface area contributed by atoms with Gasteiger partial charge < -0.3 is 21.3 Å². The molecule has 342 valence electrons. The summed E-state index contributed by atoms with van der Waals surface area (Å²) in [7, 11) is 0. The first-order valence-corrected chi connectivity index (χ1v) is 22.6. The van der Waals surface area contributed by atoms with E-state index in [0.29, 0.717) is 71.3 Å². The molecule has 4 amide bonds. The van der Waals surface area contributed by atoms with Crippen molar-refractivity contribution in [3.63, 3.8) is 0 Å². The maximum atomic E-state index is 13.6. The molecule has 0 spiro atoms. The molecule has 0 saturated heterocycles. The zero-order valence-electron chi connectivity index (χ0n) is 36.4. The molecule has 14 nitrogen and oxygen atoms in total. The molecule has 0 saturated carbocycles. The van der Waals surface area contributed by atoms with Crippen molar-refractivity contribution in [3.05, 3.63) is 140 Å². The summed E-state index contributed by atoms with van der Waals surface area (Å²) in [5.74, 6) is -2.94. The molecule has 2 unspecified atom stereocenters. The van der Waals surface area contributed by atoms with E-state index in [-0.39, 0.29) is 32.5 Å². The molecule has 5 aromatic carbocycles. The van der Waals surface area contributed by atoms with Gasteiger partial charge in [0.25, 0.3) is 23.6 Å². The summed E-state index contributed by atoms with van der Waals surface area (Å²) in [6.07, 6.45) is 2.04. The molecule has 5 aromatic rings. The van der Waals surface area contributed by atoms with Crippen LogP contribution in [-0.4, -0.2) is 59.0 Å². The highest BCUT2D eigenvalue weighted by atomic mass is 35.5. The second-order valence-electron chi connectivity index (χ2n) is 14.7. The Morgan fingerprint density at radius 1 is 0.530 bits per heavy atom. The van der Waals surface area contributed by atoms with Crippen LogP contribution in [0, 0.1) is 0 Å². The van der Waals surface area contributed by atoms with E-state index in [0.717, 1.165) is 11.1 Å². The van der Waals surface area contributed by atoms with Crippen LogP contribution in [0.3, 0.4) is 0 Å². The summed E-state index contributed by atoms with van der Waals surface area (Å²) in [5.41, 5.74) is 5.30. The second kappa shape index (κ2) is 24.3. The molecule has 0 bridgehead atoms. The summed E-state index contributed by atoms with van der Waals surface area (Å²) in [6, 6.07) is 23.5. The number of amides is 4. The lowest BCUT2D eigenvalue weighted by molar-refractivity contribution is -0.127. The van der Waals surface area contributed by atoms with Gasteiger partial charge in [-0.15, -0.1) is 23.2 Å². The van der Waals surface area contributed by atoms with E-state index >= 15 is 0 Å². The van der Waals surface area contributed by atoms with E-state index in [4.69, 9.17) is 46.4 Å². The number of halogens is 4. The van der Waals surface area contributed by atoms with Crippen molar-refractivity contribution in [1.82, 2.24) is 0 Å². The molecular weight excluding hydrogens is 926 g/mol. The number of nitrogens with zero attached hydrogens (tertiary/aromatic N) is 4. The van der Waals surface area contributed by atoms with Crippen LogP contribution in [0.15, 0.2) is 118 Å². The fraction of sp³-hybridized carbons (Fsp3) is 0.250. The van der Waals surface area contributed by atoms with Crippen LogP contribution in [0.5, 0.6) is 0 Å². The Hall–Kier alpha value is -6.32. The van der Waals surface area contributed by atoms with E-state index in [9.17, 15) is 28.8 Å². The fourth-order valence-electron chi connectivity index (χ4n) is 6.78. The number of hydrogen-bond acceptors (Lipinski definition) is 10. The normalized spacial score (nSPS) is 12.1. The number of rotatable bonds is 20. The number of carbonyl (C=O) groups is 6. The lowest BCUT2D eigenvalue weighted by atomic mass is 9.98. The van der Waals surface area contributed by atoms with Gasteiger partial charge in [-0.3, -0.25) is 28.8 Å². The summed E-state index contributed by atoms with van der Waals surface area (Å²) in [5, 5.41) is 27.4. The third-order valence-corrected chi connectivity index (χ3v) is 11.2. The van der Waals surface area contributed by atoms with E-state index in [1.165, 1.54) is 38.1 Å². The van der Waals surface area contributed by atoms with Crippen molar-refractivity contribution in [2.75, 3.05) is 33.0 Å². The lowest BCUT2D eigenvalue weighted by Gasteiger charge is -2.20. The first-order valence-electron chi connectivity index (χ1n) is 20.8. The van der Waals surface area contributed by atoms with Crippen molar-refractivity contribution in [3.8, 4) is 0 Å². The number of Topliss-reactive ketones (excluding diaryl/α,β-unsaturated/α-hetero) is 2. The van der Waals surface area contributed by atoms with Crippen molar-refractivity contribution in [2.24, 2.45) is 20.5 Å². The van der Waals surface area contributed by atoms with Gasteiger partial charge in [0.15, 0.2) is 11.6 Å². The molecule has 0 fully saturated rings. The third-order valence-electron chi connectivity index (χ3n) is 10.1. The molecule has 0 aliphatic heterocycles. The number of nitrogens with one attached hydrogen (secondary N) is 4. The van der Waals surface area contributed by atoms with Gasteiger partial charge in [0, 0.05) is 34.5 Å². The summed E-state index contributed by atoms with van der Waals surface area (Å²) >= 11 is 24.9. The van der Waals surface area contributed by atoms with Gasteiger partial charge in [0.2, 0.25) is 12.1 Å². The van der Waals surface area contributed by atoms with Crippen molar-refractivity contribution in [2.45, 2.75) is 65.5 Å². The molecule has 0 heterocycles. The predicted octanol–water partition coefficient (Wildman–Crippen LogP) is 11.5. The molecule has 0 aliphatic carbocycles. The minimum Gasteiger partial charge on any atom is -0.323 e. The Morgan fingerprint density at radius 2 is 0.909 bits per heavy atom. The third kappa shape index (κ3) is 13.2. The van der Waals surface area contributed by atoms with Crippen molar-refractivity contribution >= 4 is 116 Å². The quantitative estimate of drug-likeness (QED) is 0.0340. The average Bonchev–Trinajstić information content (AvgIpc) is 3.28. The number of alkyl halides is 2. The topological polar surface area (TPSA) is 200 Å². The fourth-order valence-corrected chi connectivity index (χ4v) is 7.72. The summed E-state index contributed by atoms with van der Waals surface area (Å²) < 4.78 is 0. The van der Waals surface area contributed by atoms with Gasteiger partial charge in [0.05, 0.1) is 21.2 Å². The zero-order chi connectivity index (χ0) is 47.9. The van der Waals surface area contributed by atoms with Crippen LogP contribution < -0.4 is 21.3 Å². The standard InChI is InChI=1S/C48H46Cl4N8O6/c1-5-33-34(6-2)38(56-48(66)44(28(4)62)60-58-40-18-10-16-36(42(40)52)46(64)54-32-14-8-12-30(26-32)22-24-50)20-19-37(33)55-47(65)43(27(3)61)59-57-39-17-9-15-35(41(39)51)45(63)53-31-13-7-11-29(25-31)21-23-49/h7-20,25-26,43-44H,5-6,21-24H2,1-4H3,(H,53,63)(H,54,64)(H,55,65)(H,56,66). The second-order valence-corrected chi connectivity index (χ2v) is 16.2. The minimum absolute atomic E-state index is 0.0375. The van der Waals surface area contributed by atoms with E-state index in [1.54, 1.807) is 60.7 Å². The van der Waals surface area contributed by atoms with Gasteiger partial charge in [-0.1, -0.05) is 73.4 Å². The summed E-state index contributed by atoms with van der Waals surface area (Å²) in [6.45, 7) is 6.09. The van der Waals surface area contributed by atoms with Gasteiger partial charge in [-0.25, -0.2) is 0 Å². The molecule has 2 atom stereocenters. The van der Waals surface area contributed by atoms with Gasteiger partial charge in [-0.05, 0) is 122 Å². The number of anilines is 4. The maximum absolute atomic E-state index is 13.6. The van der Waals surface area contributed by atoms with Crippen LogP contribution in [0.25, 0.3) is 0 Å². The van der Waals surface area contributed by atoms with Crippen molar-refractivity contribution < 1.29 is 28.8 Å². The largest absolute Gasteiger partial charge is 0.323 e. The Kier molecular flexibility index (Phi) is 18.6. The monoisotopic (exact) mass is 970 g/mol. The number of aryl methyl sites for hydroxylation is 2. The molecule has 4 N–H and O–H groups in total. The van der Waals surface area contributed by atoms with Gasteiger partial charge in [0.1, 0.15) is 11.4 Å². The van der Waals surface area contributed by atoms with Crippen LogP contribution in [0.2, 0.25) is 10.0 Å². The van der Waals surface area contributed by atoms with Crippen LogP contribution in [0.1, 0.15) is 70.7 Å². The van der Waals surface area contributed by atoms with Crippen LogP contribution >= 0.6 is 46.4 Å². The number of carbonyl (C=O) groups excluding carboxylic acids is 6. The molecule has 0 aromatic heterocycles. The first-order chi connectivity index (χ1) is 31.7. The zero-order valence-corrected chi connectivity index (χ0v) is 39.4. The minimum atomic E-state index is -1.58. The molecule has 0 radical (unpaired) electrons. The Labute approximate surface area is 402 Å². The molecule has 5 rings (SSSR count). The van der Waals surface area contributed by atoms with Crippen LogP contribution in [0.4, 0.5) is 34.1 Å². The van der Waals surface area contributed by atoms with E-state index in [1.807, 2.05) is 26.0 Å². The SMILES string of the molecule is CCc1c(NC(=O)C(N=Nc2cccc(C(=O)Nc3cccc(CCCl)c3)c2Cl)C(C)=O)ccc(NC(=O)C(N=Nc2cccc(C(=O)Nc3cccc(CCCl)c3)c2Cl)C(C)=O)c1CC. The molecular formula is C48H46Cl4N8O6. The Balaban J connectivity index is 1.30. The number of ketones is 2. The number of hydrogen-bond donors (Lipinski definition) is 4. The van der Waals surface area contributed by atoms with Crippen molar-refractivity contribution in [1.29, 1.82) is 0 Å². The molecule has 18 heteroatoms. The smallest absolute Gasteiger partial charge is 0.258 e. The highest BCUT2D eigenvalue weighted by molar-refractivity contribution is 6.37.